The number of rotatable bonds is 3. The van der Waals surface area contributed by atoms with Crippen LogP contribution in [0, 0.1) is 5.82 Å². The number of benzene rings is 2. The largest absolute Gasteiger partial charge is 0.379 e. The van der Waals surface area contributed by atoms with Gasteiger partial charge in [0.15, 0.2) is 0 Å². The summed E-state index contributed by atoms with van der Waals surface area (Å²) in [7, 11) is -4.08. The van der Waals surface area contributed by atoms with Gasteiger partial charge in [0.1, 0.15) is 16.5 Å². The molecule has 100 valence electrons. The lowest BCUT2D eigenvalue weighted by Gasteiger charge is -2.07. The van der Waals surface area contributed by atoms with E-state index in [4.69, 9.17) is 27.4 Å². The molecule has 19 heavy (non-hydrogen) atoms. The van der Waals surface area contributed by atoms with Gasteiger partial charge in [0.25, 0.3) is 0 Å². The van der Waals surface area contributed by atoms with Gasteiger partial charge in [-0.2, -0.15) is 8.42 Å². The molecule has 0 atom stereocenters. The Morgan fingerprint density at radius 3 is 2.37 bits per heavy atom. The van der Waals surface area contributed by atoms with E-state index in [9.17, 15) is 12.8 Å². The van der Waals surface area contributed by atoms with Crippen LogP contribution in [0.4, 0.5) is 4.39 Å². The third-order valence-electron chi connectivity index (χ3n) is 2.18. The summed E-state index contributed by atoms with van der Waals surface area (Å²) in [6.07, 6.45) is 0. The SMILES string of the molecule is O=S(=O)(Oc1cccc(F)c1)c1ccc(Cl)c(Cl)c1. The quantitative estimate of drug-likeness (QED) is 0.805. The molecule has 0 bridgehead atoms. The molecule has 0 N–H and O–H groups in total. The molecule has 0 aliphatic heterocycles. The fraction of sp³-hybridized carbons (Fsp3) is 0. The average molecular weight is 321 g/mol. The van der Waals surface area contributed by atoms with Gasteiger partial charge >= 0.3 is 10.1 Å². The zero-order valence-corrected chi connectivity index (χ0v) is 11.6. The van der Waals surface area contributed by atoms with Crippen LogP contribution in [0.5, 0.6) is 5.75 Å². The van der Waals surface area contributed by atoms with E-state index < -0.39 is 15.9 Å². The zero-order chi connectivity index (χ0) is 14.0. The maximum absolute atomic E-state index is 12.9. The smallest absolute Gasteiger partial charge is 0.339 e. The Morgan fingerprint density at radius 2 is 1.74 bits per heavy atom. The molecule has 2 rings (SSSR count). The number of halogens is 3. The lowest BCUT2D eigenvalue weighted by Crippen LogP contribution is -2.09. The standard InChI is InChI=1S/C12H7Cl2FO3S/c13-11-5-4-10(7-12(11)14)19(16,17)18-9-3-1-2-8(15)6-9/h1-7H. The van der Waals surface area contributed by atoms with Crippen LogP contribution >= 0.6 is 23.2 Å². The van der Waals surface area contributed by atoms with Gasteiger partial charge in [-0.25, -0.2) is 4.39 Å². The highest BCUT2D eigenvalue weighted by atomic mass is 35.5. The Kier molecular flexibility index (Phi) is 3.99. The minimum atomic E-state index is -4.08. The van der Waals surface area contributed by atoms with E-state index in [1.54, 1.807) is 0 Å². The van der Waals surface area contributed by atoms with Gasteiger partial charge in [0.2, 0.25) is 0 Å². The highest BCUT2D eigenvalue weighted by Crippen LogP contribution is 2.26. The zero-order valence-electron chi connectivity index (χ0n) is 9.31. The molecule has 3 nitrogen and oxygen atoms in total. The molecule has 0 aromatic heterocycles. The Bertz CT molecular complexity index is 717. The number of hydrogen-bond donors (Lipinski definition) is 0. The van der Waals surface area contributed by atoms with Crippen molar-refractivity contribution >= 4 is 33.3 Å². The Balaban J connectivity index is 2.35. The molecule has 0 amide bonds. The van der Waals surface area contributed by atoms with Crippen LogP contribution in [0.15, 0.2) is 47.4 Å². The third kappa shape index (κ3) is 3.37. The van der Waals surface area contributed by atoms with E-state index in [-0.39, 0.29) is 20.7 Å². The summed E-state index contributed by atoms with van der Waals surface area (Å²) in [5.41, 5.74) is 0. The molecule has 0 saturated heterocycles. The summed E-state index contributed by atoms with van der Waals surface area (Å²) in [5.74, 6) is -0.715. The van der Waals surface area contributed by atoms with Gasteiger partial charge < -0.3 is 4.18 Å². The summed E-state index contributed by atoms with van der Waals surface area (Å²) in [6, 6.07) is 8.58. The number of hydrogen-bond acceptors (Lipinski definition) is 3. The van der Waals surface area contributed by atoms with E-state index in [1.807, 2.05) is 0 Å². The average Bonchev–Trinajstić information content (AvgIpc) is 2.32. The molecule has 7 heteroatoms. The van der Waals surface area contributed by atoms with Crippen molar-refractivity contribution in [2.45, 2.75) is 4.90 Å². The maximum atomic E-state index is 12.9. The Labute approximate surface area is 119 Å². The molecule has 0 unspecified atom stereocenters. The highest BCUT2D eigenvalue weighted by Gasteiger charge is 2.18. The second kappa shape index (κ2) is 5.36. The van der Waals surface area contributed by atoms with Gasteiger partial charge in [-0.3, -0.25) is 0 Å². The molecule has 0 spiro atoms. The van der Waals surface area contributed by atoms with Gasteiger partial charge in [-0.05, 0) is 30.3 Å². The van der Waals surface area contributed by atoms with Crippen LogP contribution in [0.25, 0.3) is 0 Å². The van der Waals surface area contributed by atoms with E-state index in [1.165, 1.54) is 36.4 Å². The fourth-order valence-corrected chi connectivity index (χ4v) is 2.64. The molecule has 0 saturated carbocycles. The Hall–Kier alpha value is -1.30. The van der Waals surface area contributed by atoms with Gasteiger partial charge in [-0.15, -0.1) is 0 Å². The minimum Gasteiger partial charge on any atom is -0.379 e. The minimum absolute atomic E-state index is 0.0885. The van der Waals surface area contributed by atoms with Crippen molar-refractivity contribution in [3.8, 4) is 5.75 Å². The lowest BCUT2D eigenvalue weighted by atomic mass is 10.3. The van der Waals surface area contributed by atoms with Crippen molar-refractivity contribution in [3.63, 3.8) is 0 Å². The van der Waals surface area contributed by atoms with Crippen LogP contribution in [0.2, 0.25) is 10.0 Å². The Morgan fingerprint density at radius 1 is 1.00 bits per heavy atom. The second-order valence-corrected chi connectivity index (χ2v) is 5.93. The first-order chi connectivity index (χ1) is 8.88. The first kappa shape index (κ1) is 14.1. The molecule has 0 aliphatic carbocycles. The predicted molar refractivity (Wildman–Crippen MR) is 70.7 cm³/mol. The molecular weight excluding hydrogens is 314 g/mol. The van der Waals surface area contributed by atoms with Crippen LogP contribution in [0.1, 0.15) is 0 Å². The van der Waals surface area contributed by atoms with Gasteiger partial charge in [-0.1, -0.05) is 29.3 Å². The van der Waals surface area contributed by atoms with Gasteiger partial charge in [0.05, 0.1) is 10.0 Å². The van der Waals surface area contributed by atoms with Crippen molar-refractivity contribution in [1.82, 2.24) is 0 Å². The maximum Gasteiger partial charge on any atom is 0.339 e. The van der Waals surface area contributed by atoms with E-state index in [0.29, 0.717) is 0 Å². The second-order valence-electron chi connectivity index (χ2n) is 3.57. The van der Waals surface area contributed by atoms with Crippen molar-refractivity contribution in [2.24, 2.45) is 0 Å². The van der Waals surface area contributed by atoms with Gasteiger partial charge in [0, 0.05) is 6.07 Å². The molecule has 0 radical (unpaired) electrons. The molecular formula is C12H7Cl2FO3S. The van der Waals surface area contributed by atoms with E-state index >= 15 is 0 Å². The van der Waals surface area contributed by atoms with Crippen molar-refractivity contribution in [2.75, 3.05) is 0 Å². The molecule has 0 aliphatic rings. The van der Waals surface area contributed by atoms with Crippen LogP contribution in [0.3, 0.4) is 0 Å². The van der Waals surface area contributed by atoms with Crippen molar-refractivity contribution in [3.05, 3.63) is 58.3 Å². The van der Waals surface area contributed by atoms with Crippen LogP contribution < -0.4 is 4.18 Å². The van der Waals surface area contributed by atoms with Crippen LogP contribution in [-0.4, -0.2) is 8.42 Å². The topological polar surface area (TPSA) is 43.4 Å². The third-order valence-corrected chi connectivity index (χ3v) is 4.16. The first-order valence-electron chi connectivity index (χ1n) is 5.03. The van der Waals surface area contributed by atoms with Crippen molar-refractivity contribution < 1.29 is 17.0 Å². The summed E-state index contributed by atoms with van der Waals surface area (Å²) < 4.78 is 41.6. The van der Waals surface area contributed by atoms with E-state index in [2.05, 4.69) is 0 Å². The summed E-state index contributed by atoms with van der Waals surface area (Å²) in [4.78, 5) is -0.161. The summed E-state index contributed by atoms with van der Waals surface area (Å²) in [6.45, 7) is 0. The molecule has 0 fully saturated rings. The predicted octanol–water partition coefficient (Wildman–Crippen LogP) is 3.90. The fourth-order valence-electron chi connectivity index (χ4n) is 1.33. The normalized spacial score (nSPS) is 11.3. The van der Waals surface area contributed by atoms with Crippen molar-refractivity contribution in [1.29, 1.82) is 0 Å². The summed E-state index contributed by atoms with van der Waals surface area (Å²) >= 11 is 11.4. The molecule has 2 aromatic carbocycles. The molecule has 2 aromatic rings. The molecule has 0 heterocycles. The summed E-state index contributed by atoms with van der Waals surface area (Å²) in [5, 5.41) is 0.317. The monoisotopic (exact) mass is 320 g/mol. The first-order valence-corrected chi connectivity index (χ1v) is 7.20. The van der Waals surface area contributed by atoms with E-state index in [0.717, 1.165) is 6.07 Å². The highest BCUT2D eigenvalue weighted by molar-refractivity contribution is 7.87. The van der Waals surface area contributed by atoms with Crippen LogP contribution in [-0.2, 0) is 10.1 Å². The lowest BCUT2D eigenvalue weighted by molar-refractivity contribution is 0.483.